The van der Waals surface area contributed by atoms with Gasteiger partial charge in [0.1, 0.15) is 5.75 Å². The van der Waals surface area contributed by atoms with E-state index in [1.807, 2.05) is 0 Å². The van der Waals surface area contributed by atoms with E-state index in [9.17, 15) is 5.11 Å². The van der Waals surface area contributed by atoms with Crippen molar-refractivity contribution in [2.45, 2.75) is 58.3 Å². The first-order valence-electron chi connectivity index (χ1n) is 8.28. The Bertz CT molecular complexity index is 417. The smallest absolute Gasteiger partial charge is 0.118 e. The van der Waals surface area contributed by atoms with Gasteiger partial charge in [-0.2, -0.15) is 0 Å². The molecule has 1 heteroatoms. The molecule has 0 saturated carbocycles. The molecule has 0 atom stereocenters. The van der Waals surface area contributed by atoms with E-state index in [0.717, 1.165) is 19.3 Å². The normalized spacial score (nSPS) is 14.1. The fourth-order valence-electron chi connectivity index (χ4n) is 1.77. The molecule has 0 saturated heterocycles. The molecule has 1 nitrogen and oxygen atoms in total. The molecule has 1 rings (SSSR count). The van der Waals surface area contributed by atoms with Crippen LogP contribution in [-0.4, -0.2) is 5.11 Å². The summed E-state index contributed by atoms with van der Waals surface area (Å²) >= 11 is 0. The number of phenols is 1. The molecule has 0 spiro atoms. The Balaban J connectivity index is 2.52. The van der Waals surface area contributed by atoms with Crippen molar-refractivity contribution >= 4 is 0 Å². The highest BCUT2D eigenvalue weighted by Gasteiger charge is 1.98. The second kappa shape index (κ2) is 8.20. The van der Waals surface area contributed by atoms with Gasteiger partial charge in [-0.15, -0.1) is 0 Å². The monoisotopic (exact) mass is 224 g/mol. The van der Waals surface area contributed by atoms with Crippen molar-refractivity contribution in [2.75, 3.05) is 0 Å². The highest BCUT2D eigenvalue weighted by molar-refractivity contribution is 5.31. The molecule has 0 aromatic heterocycles. The number of benzene rings is 1. The maximum absolute atomic E-state index is 9.85. The van der Waals surface area contributed by atoms with Gasteiger partial charge in [-0.1, -0.05) is 63.6 Å². The fourth-order valence-corrected chi connectivity index (χ4v) is 1.77. The maximum atomic E-state index is 9.85. The molecule has 0 unspecified atom stereocenters. The Morgan fingerprint density at radius 1 is 1.00 bits per heavy atom. The van der Waals surface area contributed by atoms with Crippen molar-refractivity contribution in [3.8, 4) is 5.75 Å². The largest absolute Gasteiger partial charge is 0.508 e. The predicted octanol–water partition coefficient (Wildman–Crippen LogP) is 4.69. The first kappa shape index (κ1) is 8.16. The third-order valence-electron chi connectivity index (χ3n) is 2.77. The van der Waals surface area contributed by atoms with Gasteiger partial charge in [-0.25, -0.2) is 0 Å². The van der Waals surface area contributed by atoms with E-state index in [1.165, 1.54) is 25.7 Å². The van der Waals surface area contributed by atoms with Crippen molar-refractivity contribution in [1.29, 1.82) is 0 Å². The van der Waals surface area contributed by atoms with Gasteiger partial charge in [0.2, 0.25) is 0 Å². The minimum atomic E-state index is -0.365. The zero-order chi connectivity index (χ0) is 15.1. The summed E-state index contributed by atoms with van der Waals surface area (Å²) in [5.74, 6) is -0.290. The second-order valence-electron chi connectivity index (χ2n) is 4.20. The Morgan fingerprint density at radius 3 is 2.38 bits per heavy atom. The Morgan fingerprint density at radius 2 is 1.62 bits per heavy atom. The molecule has 0 amide bonds. The molecule has 1 aromatic rings. The molecule has 0 radical (unpaired) electrons. The van der Waals surface area contributed by atoms with E-state index in [1.54, 1.807) is 0 Å². The zero-order valence-corrected chi connectivity index (χ0v) is 10.1. The number of rotatable bonds is 8. The van der Waals surface area contributed by atoms with Gasteiger partial charge in [0.15, 0.2) is 0 Å². The van der Waals surface area contributed by atoms with Crippen LogP contribution in [0.5, 0.6) is 5.75 Å². The Kier molecular flexibility index (Phi) is 4.18. The van der Waals surface area contributed by atoms with E-state index < -0.39 is 0 Å². The fraction of sp³-hybridized carbons (Fsp3) is 0.600. The Labute approximate surface area is 105 Å². The van der Waals surface area contributed by atoms with Gasteiger partial charge in [0, 0.05) is 0 Å². The highest BCUT2D eigenvalue weighted by atomic mass is 16.3. The number of unbranched alkanes of at least 4 members (excludes halogenated alkanes) is 6. The number of aromatic hydroxyl groups is 1. The molecule has 0 aliphatic heterocycles. The molecule has 0 aliphatic rings. The summed E-state index contributed by atoms with van der Waals surface area (Å²) in [4.78, 5) is 0. The molecule has 1 aromatic carbocycles. The molecule has 0 heterocycles. The highest BCUT2D eigenvalue weighted by Crippen LogP contribution is 2.18. The van der Waals surface area contributed by atoms with Gasteiger partial charge in [-0.3, -0.25) is 0 Å². The minimum Gasteiger partial charge on any atom is -0.508 e. The maximum Gasteiger partial charge on any atom is 0.118 e. The van der Waals surface area contributed by atoms with Gasteiger partial charge in [0.25, 0.3) is 0 Å². The zero-order valence-electron chi connectivity index (χ0n) is 14.1. The van der Waals surface area contributed by atoms with Crippen LogP contribution in [0.25, 0.3) is 0 Å². The van der Waals surface area contributed by atoms with E-state index in [-0.39, 0.29) is 29.9 Å². The van der Waals surface area contributed by atoms with Crippen molar-refractivity contribution < 1.29 is 10.6 Å². The molecular formula is C15H24O. The third-order valence-corrected chi connectivity index (χ3v) is 2.77. The first-order valence-corrected chi connectivity index (χ1v) is 6.28. The number of phenolic OH excluding ortho intramolecular Hbond substituents is 1. The van der Waals surface area contributed by atoms with E-state index in [2.05, 4.69) is 6.92 Å². The molecule has 1 N–H and O–H groups in total. The van der Waals surface area contributed by atoms with Crippen molar-refractivity contribution in [1.82, 2.24) is 0 Å². The molecule has 0 fully saturated rings. The van der Waals surface area contributed by atoms with Crippen LogP contribution < -0.4 is 0 Å². The topological polar surface area (TPSA) is 20.2 Å². The molecule has 16 heavy (non-hydrogen) atoms. The SMILES string of the molecule is [2H]c1c([2H])c([2H])c(CCCCCCCCC)c(O)c1[2H]. The summed E-state index contributed by atoms with van der Waals surface area (Å²) in [6.45, 7) is 2.19. The average molecular weight is 224 g/mol. The van der Waals surface area contributed by atoms with Gasteiger partial charge in [0.05, 0.1) is 5.48 Å². The lowest BCUT2D eigenvalue weighted by atomic mass is 10.0. The number of hydrogen-bond acceptors (Lipinski definition) is 1. The van der Waals surface area contributed by atoms with Crippen molar-refractivity contribution in [2.24, 2.45) is 0 Å². The molecule has 90 valence electrons. The summed E-state index contributed by atoms with van der Waals surface area (Å²) in [7, 11) is 0. The van der Waals surface area contributed by atoms with Crippen LogP contribution >= 0.6 is 0 Å². The van der Waals surface area contributed by atoms with Crippen LogP contribution in [0.2, 0.25) is 0 Å². The summed E-state index contributed by atoms with van der Waals surface area (Å²) in [5.41, 5.74) is 0.351. The quantitative estimate of drug-likeness (QED) is 0.635. The molecular weight excluding hydrogens is 196 g/mol. The second-order valence-corrected chi connectivity index (χ2v) is 4.20. The van der Waals surface area contributed by atoms with E-state index in [0.29, 0.717) is 12.0 Å². The van der Waals surface area contributed by atoms with E-state index in [4.69, 9.17) is 5.48 Å². The summed E-state index contributed by atoms with van der Waals surface area (Å²) < 4.78 is 30.5. The number of para-hydroxylation sites is 1. The molecule has 0 aliphatic carbocycles. The standard InChI is InChI=1S/C15H24O/c1-2-3-4-5-6-7-8-11-14-12-9-10-13-15(14)16/h9-10,12-13,16H,2-8,11H2,1H3/i9D,10D,12D,13D. The number of hydrogen-bond donors (Lipinski definition) is 1. The lowest BCUT2D eigenvalue weighted by Gasteiger charge is -2.04. The summed E-state index contributed by atoms with van der Waals surface area (Å²) in [5, 5.41) is 9.85. The van der Waals surface area contributed by atoms with Gasteiger partial charge >= 0.3 is 0 Å². The van der Waals surface area contributed by atoms with Crippen molar-refractivity contribution in [3.63, 3.8) is 0 Å². The summed E-state index contributed by atoms with van der Waals surface area (Å²) in [6.07, 6.45) is 8.51. The lowest BCUT2D eigenvalue weighted by molar-refractivity contribution is 0.466. The van der Waals surface area contributed by atoms with Gasteiger partial charge < -0.3 is 5.11 Å². The first-order chi connectivity index (χ1) is 9.50. The van der Waals surface area contributed by atoms with E-state index >= 15 is 0 Å². The van der Waals surface area contributed by atoms with Crippen LogP contribution in [0.1, 0.15) is 62.9 Å². The van der Waals surface area contributed by atoms with Crippen LogP contribution in [0, 0.1) is 0 Å². The van der Waals surface area contributed by atoms with Crippen LogP contribution in [-0.2, 0) is 6.42 Å². The van der Waals surface area contributed by atoms with Crippen LogP contribution in [0.15, 0.2) is 24.2 Å². The van der Waals surface area contributed by atoms with Gasteiger partial charge in [-0.05, 0) is 24.4 Å². The average Bonchev–Trinajstić information content (AvgIpc) is 2.45. The predicted molar refractivity (Wildman–Crippen MR) is 69.8 cm³/mol. The molecule has 0 bridgehead atoms. The van der Waals surface area contributed by atoms with Crippen LogP contribution in [0.4, 0.5) is 0 Å². The van der Waals surface area contributed by atoms with Crippen molar-refractivity contribution in [3.05, 3.63) is 29.7 Å². The van der Waals surface area contributed by atoms with Crippen LogP contribution in [0.3, 0.4) is 0 Å². The summed E-state index contributed by atoms with van der Waals surface area (Å²) in [6, 6.07) is -1.06. The Hall–Kier alpha value is -0.980. The minimum absolute atomic E-state index is 0.102. The lowest BCUT2D eigenvalue weighted by Crippen LogP contribution is -1.87. The third kappa shape index (κ3) is 5.20.